The number of aryl methyl sites for hydroxylation is 1. The number of nitrogens with zero attached hydrogens (tertiary/aromatic N) is 1. The molecule has 2 aromatic carbocycles. The van der Waals surface area contributed by atoms with E-state index in [0.29, 0.717) is 0 Å². The van der Waals surface area contributed by atoms with Gasteiger partial charge < -0.3 is 0 Å². The van der Waals surface area contributed by atoms with Gasteiger partial charge in [-0.15, -0.1) is 0 Å². The molecule has 0 spiro atoms. The summed E-state index contributed by atoms with van der Waals surface area (Å²) in [6, 6.07) is 15.0. The molecule has 0 N–H and O–H groups in total. The van der Waals surface area contributed by atoms with Gasteiger partial charge in [-0.1, -0.05) is 0 Å². The number of hydrogen-bond acceptors (Lipinski definition) is 1. The Morgan fingerprint density at radius 2 is 1.93 bits per heavy atom. The molecule has 0 aliphatic carbocycles. The van der Waals surface area contributed by atoms with E-state index in [1.807, 2.05) is 0 Å². The van der Waals surface area contributed by atoms with Gasteiger partial charge in [0.15, 0.2) is 0 Å². The maximum absolute atomic E-state index is 4.67. The van der Waals surface area contributed by atoms with Crippen molar-refractivity contribution in [3.8, 4) is 0 Å². The van der Waals surface area contributed by atoms with Gasteiger partial charge in [0.1, 0.15) is 0 Å². The van der Waals surface area contributed by atoms with Crippen LogP contribution in [0.4, 0.5) is 5.69 Å². The van der Waals surface area contributed by atoms with Gasteiger partial charge in [-0.25, -0.2) is 0 Å². The van der Waals surface area contributed by atoms with E-state index < -0.39 is 0 Å². The fourth-order valence-electron chi connectivity index (χ4n) is 1.73. The van der Waals surface area contributed by atoms with Crippen molar-refractivity contribution in [1.29, 1.82) is 0 Å². The van der Waals surface area contributed by atoms with Crippen molar-refractivity contribution < 1.29 is 0 Å². The number of rotatable bonds is 0. The molecule has 1 nitrogen and oxygen atoms in total. The van der Waals surface area contributed by atoms with Crippen molar-refractivity contribution >= 4 is 25.3 Å². The van der Waals surface area contributed by atoms with Crippen LogP contribution in [0, 0.1) is 10.9 Å². The third kappa shape index (κ3) is 1.57. The minimum atomic E-state index is 0.119. The topological polar surface area (TPSA) is 12.4 Å². The van der Waals surface area contributed by atoms with Crippen LogP contribution >= 0.6 is 0 Å². The maximum atomic E-state index is 4.67. The van der Waals surface area contributed by atoms with Crippen LogP contribution in [0.1, 0.15) is 5.56 Å². The number of benzene rings is 2. The van der Waals surface area contributed by atoms with E-state index >= 15 is 0 Å². The molecule has 1 heterocycles. The zero-order valence-electron chi connectivity index (χ0n) is 8.44. The van der Waals surface area contributed by atoms with Gasteiger partial charge in [0.2, 0.25) is 0 Å². The summed E-state index contributed by atoms with van der Waals surface area (Å²) in [4.78, 5) is 4.67. The second-order valence-electron chi connectivity index (χ2n) is 3.70. The fourth-order valence-corrected chi connectivity index (χ4v) is 4.18. The summed E-state index contributed by atoms with van der Waals surface area (Å²) in [5.41, 5.74) is 2.50. The van der Waals surface area contributed by atoms with Gasteiger partial charge in [-0.2, -0.15) is 0 Å². The third-order valence-corrected chi connectivity index (χ3v) is 5.05. The van der Waals surface area contributed by atoms with Crippen LogP contribution in [-0.4, -0.2) is 15.3 Å². The van der Waals surface area contributed by atoms with Crippen LogP contribution in [-0.2, 0) is 0 Å². The Kier molecular flexibility index (Phi) is 2.07. The van der Waals surface area contributed by atoms with Crippen molar-refractivity contribution in [2.45, 2.75) is 6.92 Å². The van der Waals surface area contributed by atoms with Gasteiger partial charge in [0.25, 0.3) is 0 Å². The van der Waals surface area contributed by atoms with Crippen LogP contribution < -0.4 is 9.71 Å². The van der Waals surface area contributed by atoms with E-state index in [0.717, 1.165) is 5.36 Å². The average molecular weight is 255 g/mol. The molecule has 0 bridgehead atoms. The summed E-state index contributed by atoms with van der Waals surface area (Å²) in [5.74, 6) is 0. The zero-order valence-corrected chi connectivity index (χ0v) is 10.3. The molecule has 2 aromatic rings. The van der Waals surface area contributed by atoms with Gasteiger partial charge in [-0.05, 0) is 0 Å². The second kappa shape index (κ2) is 3.43. The minimum absolute atomic E-state index is 0.119. The second-order valence-corrected chi connectivity index (χ2v) is 6.20. The first-order valence-electron chi connectivity index (χ1n) is 4.96. The summed E-state index contributed by atoms with van der Waals surface area (Å²) in [5, 5.41) is 1.16. The van der Waals surface area contributed by atoms with Crippen LogP contribution in [0.15, 0.2) is 47.5 Å². The molecular formula is C13H10AsN. The monoisotopic (exact) mass is 255 g/mol. The summed E-state index contributed by atoms with van der Waals surface area (Å²) >= 11 is 0.119. The van der Waals surface area contributed by atoms with Crippen molar-refractivity contribution in [3.63, 3.8) is 0 Å². The molecule has 0 atom stereocenters. The Labute approximate surface area is 94.7 Å². The zero-order chi connectivity index (χ0) is 10.3. The van der Waals surface area contributed by atoms with Crippen molar-refractivity contribution in [2.24, 2.45) is 4.99 Å². The Bertz CT molecular complexity index is 644. The molecule has 72 valence electrons. The van der Waals surface area contributed by atoms with Gasteiger partial charge in [0, 0.05) is 0 Å². The van der Waals surface area contributed by atoms with Gasteiger partial charge in [0.05, 0.1) is 0 Å². The summed E-state index contributed by atoms with van der Waals surface area (Å²) < 4.78 is 2.86. The first-order chi connectivity index (χ1) is 7.33. The Morgan fingerprint density at radius 1 is 1.07 bits per heavy atom. The Balaban J connectivity index is 2.37. The summed E-state index contributed by atoms with van der Waals surface area (Å²) in [6.45, 7) is 2.14. The fraction of sp³-hybridized carbons (Fsp3) is 0.0769. The molecule has 3 rings (SSSR count). The predicted molar refractivity (Wildman–Crippen MR) is 62.7 cm³/mol. The molecule has 2 heteroatoms. The molecule has 1 aliphatic heterocycles. The van der Waals surface area contributed by atoms with E-state index in [1.165, 1.54) is 19.6 Å². The number of para-hydroxylation sites is 1. The molecule has 0 saturated heterocycles. The van der Waals surface area contributed by atoms with Crippen LogP contribution in [0.3, 0.4) is 0 Å². The van der Waals surface area contributed by atoms with Crippen molar-refractivity contribution in [1.82, 2.24) is 0 Å². The summed E-state index contributed by atoms with van der Waals surface area (Å²) in [6.07, 6.45) is 0. The molecule has 0 amide bonds. The molecule has 1 aliphatic rings. The average Bonchev–Trinajstić information content (AvgIpc) is 2.26. The first-order valence-corrected chi connectivity index (χ1v) is 6.84. The molecule has 0 saturated carbocycles. The van der Waals surface area contributed by atoms with Crippen molar-refractivity contribution in [2.75, 3.05) is 0 Å². The SMILES string of the molecule is Cc1ccc2c(c1)[As]=c1ccccc1=N2. The van der Waals surface area contributed by atoms with E-state index in [-0.39, 0.29) is 15.3 Å². The standard InChI is InChI=1S/C13H10AsN/c1-9-6-7-13-11(8-9)14-10-4-2-3-5-12(10)15-13/h2-8H,1H3. The predicted octanol–water partition coefficient (Wildman–Crippen LogP) is 1.54. The Hall–Kier alpha value is -1.20. The van der Waals surface area contributed by atoms with Crippen LogP contribution in [0.2, 0.25) is 0 Å². The molecule has 0 aromatic heterocycles. The molecule has 15 heavy (non-hydrogen) atoms. The molecule has 0 fully saturated rings. The molecule has 0 unspecified atom stereocenters. The number of fused-ring (bicyclic) bond motifs is 2. The summed E-state index contributed by atoms with van der Waals surface area (Å²) in [7, 11) is 0. The van der Waals surface area contributed by atoms with Crippen LogP contribution in [0.5, 0.6) is 0 Å². The van der Waals surface area contributed by atoms with E-state index in [2.05, 4.69) is 54.4 Å². The van der Waals surface area contributed by atoms with E-state index in [4.69, 9.17) is 0 Å². The molecule has 0 radical (unpaired) electrons. The van der Waals surface area contributed by atoms with Gasteiger partial charge in [-0.3, -0.25) is 0 Å². The van der Waals surface area contributed by atoms with Crippen LogP contribution in [0.25, 0.3) is 0 Å². The van der Waals surface area contributed by atoms with Gasteiger partial charge >= 0.3 is 94.6 Å². The van der Waals surface area contributed by atoms with Crippen molar-refractivity contribution in [3.05, 3.63) is 57.3 Å². The quantitative estimate of drug-likeness (QED) is 0.540. The number of hydrogen-bond donors (Lipinski definition) is 0. The normalized spacial score (nSPS) is 13.1. The Morgan fingerprint density at radius 3 is 2.87 bits per heavy atom. The first kappa shape index (κ1) is 9.06. The van der Waals surface area contributed by atoms with E-state index in [9.17, 15) is 0 Å². The third-order valence-electron chi connectivity index (χ3n) is 2.49. The van der Waals surface area contributed by atoms with E-state index in [1.54, 1.807) is 0 Å². The molecular weight excluding hydrogens is 245 g/mol.